The van der Waals surface area contributed by atoms with Crippen LogP contribution in [0.5, 0.6) is 0 Å². The number of hydrogen-bond donors (Lipinski definition) is 1. The van der Waals surface area contributed by atoms with Gasteiger partial charge in [-0.25, -0.2) is 0 Å². The van der Waals surface area contributed by atoms with Gasteiger partial charge in [0.1, 0.15) is 0 Å². The molecule has 1 atom stereocenters. The van der Waals surface area contributed by atoms with Crippen LogP contribution >= 0.6 is 0 Å². The summed E-state index contributed by atoms with van der Waals surface area (Å²) in [6, 6.07) is 9.63. The molecule has 1 aliphatic heterocycles. The topological polar surface area (TPSA) is 15.3 Å². The van der Waals surface area contributed by atoms with Crippen LogP contribution < -0.4 is 5.32 Å². The highest BCUT2D eigenvalue weighted by Gasteiger charge is 2.27. The summed E-state index contributed by atoms with van der Waals surface area (Å²) >= 11 is 0. The summed E-state index contributed by atoms with van der Waals surface area (Å²) in [7, 11) is 0. The summed E-state index contributed by atoms with van der Waals surface area (Å²) in [4.78, 5) is 2.72. The third-order valence-corrected chi connectivity index (χ3v) is 4.89. The van der Waals surface area contributed by atoms with Crippen molar-refractivity contribution in [3.05, 3.63) is 35.4 Å². The van der Waals surface area contributed by atoms with E-state index in [0.29, 0.717) is 6.04 Å². The van der Waals surface area contributed by atoms with Crippen LogP contribution in [-0.2, 0) is 6.54 Å². The third-order valence-electron chi connectivity index (χ3n) is 4.89. The molecule has 19 heavy (non-hydrogen) atoms. The van der Waals surface area contributed by atoms with Crippen LogP contribution in [-0.4, -0.2) is 24.5 Å². The van der Waals surface area contributed by atoms with Crippen molar-refractivity contribution in [1.82, 2.24) is 10.2 Å². The van der Waals surface area contributed by atoms with Gasteiger partial charge in [0.05, 0.1) is 0 Å². The number of benzene rings is 1. The van der Waals surface area contributed by atoms with Crippen molar-refractivity contribution in [1.29, 1.82) is 0 Å². The van der Waals surface area contributed by atoms with E-state index in [1.54, 1.807) is 5.56 Å². The van der Waals surface area contributed by atoms with Gasteiger partial charge in [-0.3, -0.25) is 4.90 Å². The molecule has 3 rings (SSSR count). The monoisotopic (exact) mass is 258 g/mol. The van der Waals surface area contributed by atoms with Crippen molar-refractivity contribution in [3.63, 3.8) is 0 Å². The molecule has 0 saturated heterocycles. The SMILES string of the molecule is CCN(CC1CCC1)C1CCNCc2ccccc21. The van der Waals surface area contributed by atoms with Crippen molar-refractivity contribution in [3.8, 4) is 0 Å². The lowest BCUT2D eigenvalue weighted by molar-refractivity contribution is 0.133. The molecule has 1 fully saturated rings. The first kappa shape index (κ1) is 13.1. The van der Waals surface area contributed by atoms with E-state index in [4.69, 9.17) is 0 Å². The predicted octanol–water partition coefficient (Wildman–Crippen LogP) is 3.34. The van der Waals surface area contributed by atoms with Gasteiger partial charge in [0.15, 0.2) is 0 Å². The number of nitrogens with zero attached hydrogens (tertiary/aromatic N) is 1. The zero-order valence-electron chi connectivity index (χ0n) is 12.1. The molecular formula is C17H26N2. The van der Waals surface area contributed by atoms with Gasteiger partial charge >= 0.3 is 0 Å². The largest absolute Gasteiger partial charge is 0.313 e. The number of hydrogen-bond acceptors (Lipinski definition) is 2. The van der Waals surface area contributed by atoms with Crippen LogP contribution in [0.2, 0.25) is 0 Å². The average Bonchev–Trinajstić information content (AvgIpc) is 2.61. The van der Waals surface area contributed by atoms with Gasteiger partial charge in [0.25, 0.3) is 0 Å². The van der Waals surface area contributed by atoms with Crippen LogP contribution in [0.3, 0.4) is 0 Å². The van der Waals surface area contributed by atoms with Crippen molar-refractivity contribution in [2.24, 2.45) is 5.92 Å². The van der Waals surface area contributed by atoms with E-state index < -0.39 is 0 Å². The van der Waals surface area contributed by atoms with Crippen LogP contribution in [0, 0.1) is 5.92 Å². The fourth-order valence-corrected chi connectivity index (χ4v) is 3.50. The lowest BCUT2D eigenvalue weighted by Crippen LogP contribution is -2.36. The Balaban J connectivity index is 1.80. The fraction of sp³-hybridized carbons (Fsp3) is 0.647. The first-order chi connectivity index (χ1) is 9.38. The first-order valence-electron chi connectivity index (χ1n) is 7.91. The normalized spacial score (nSPS) is 23.8. The lowest BCUT2D eigenvalue weighted by atomic mass is 9.84. The van der Waals surface area contributed by atoms with E-state index >= 15 is 0 Å². The molecule has 2 nitrogen and oxygen atoms in total. The maximum Gasteiger partial charge on any atom is 0.0363 e. The van der Waals surface area contributed by atoms with E-state index in [2.05, 4.69) is 41.4 Å². The van der Waals surface area contributed by atoms with E-state index in [-0.39, 0.29) is 0 Å². The van der Waals surface area contributed by atoms with Gasteiger partial charge < -0.3 is 5.32 Å². The molecule has 1 N–H and O–H groups in total. The second kappa shape index (κ2) is 6.06. The third kappa shape index (κ3) is 2.85. The van der Waals surface area contributed by atoms with Crippen LogP contribution in [0.25, 0.3) is 0 Å². The Hall–Kier alpha value is -0.860. The minimum Gasteiger partial charge on any atom is -0.313 e. The second-order valence-corrected chi connectivity index (χ2v) is 6.06. The molecule has 1 aliphatic carbocycles. The smallest absolute Gasteiger partial charge is 0.0363 e. The molecule has 2 aliphatic rings. The molecule has 1 unspecified atom stereocenters. The van der Waals surface area contributed by atoms with E-state index in [0.717, 1.165) is 19.0 Å². The molecule has 1 aromatic rings. The molecule has 1 aromatic carbocycles. The molecule has 1 saturated carbocycles. The zero-order chi connectivity index (χ0) is 13.1. The molecule has 1 heterocycles. The molecule has 2 heteroatoms. The van der Waals surface area contributed by atoms with Crippen molar-refractivity contribution in [2.45, 2.75) is 45.2 Å². The molecular weight excluding hydrogens is 232 g/mol. The number of nitrogens with one attached hydrogen (secondary N) is 1. The highest BCUT2D eigenvalue weighted by Crippen LogP contribution is 2.33. The highest BCUT2D eigenvalue weighted by atomic mass is 15.2. The molecule has 0 amide bonds. The molecule has 0 spiro atoms. The Bertz CT molecular complexity index is 411. The predicted molar refractivity (Wildman–Crippen MR) is 80.1 cm³/mol. The summed E-state index contributed by atoms with van der Waals surface area (Å²) in [5.74, 6) is 0.961. The highest BCUT2D eigenvalue weighted by molar-refractivity contribution is 5.31. The molecule has 0 radical (unpaired) electrons. The van der Waals surface area contributed by atoms with Gasteiger partial charge in [0, 0.05) is 19.1 Å². The second-order valence-electron chi connectivity index (χ2n) is 6.06. The van der Waals surface area contributed by atoms with Crippen molar-refractivity contribution < 1.29 is 0 Å². The zero-order valence-corrected chi connectivity index (χ0v) is 12.1. The Morgan fingerprint density at radius 2 is 2.05 bits per heavy atom. The lowest BCUT2D eigenvalue weighted by Gasteiger charge is -2.37. The maximum absolute atomic E-state index is 3.57. The van der Waals surface area contributed by atoms with Crippen molar-refractivity contribution >= 4 is 0 Å². The maximum atomic E-state index is 3.57. The number of rotatable bonds is 4. The van der Waals surface area contributed by atoms with Gasteiger partial charge in [-0.15, -0.1) is 0 Å². The number of fused-ring (bicyclic) bond motifs is 1. The summed E-state index contributed by atoms with van der Waals surface area (Å²) in [5, 5.41) is 3.57. The Kier molecular flexibility index (Phi) is 4.19. The standard InChI is InChI=1S/C17H26N2/c1-2-19(13-14-6-5-7-14)17-10-11-18-12-15-8-3-4-9-16(15)17/h3-4,8-9,14,17-18H,2,5-7,10-13H2,1H3. The molecule has 0 aromatic heterocycles. The van der Waals surface area contributed by atoms with Gasteiger partial charge in [-0.2, -0.15) is 0 Å². The van der Waals surface area contributed by atoms with E-state index in [1.807, 2.05) is 0 Å². The average molecular weight is 258 g/mol. The van der Waals surface area contributed by atoms with Crippen LogP contribution in [0.15, 0.2) is 24.3 Å². The minimum absolute atomic E-state index is 0.622. The molecule has 104 valence electrons. The van der Waals surface area contributed by atoms with Gasteiger partial charge in [-0.1, -0.05) is 37.6 Å². The Labute approximate surface area is 117 Å². The fourth-order valence-electron chi connectivity index (χ4n) is 3.50. The molecule has 0 bridgehead atoms. The van der Waals surface area contributed by atoms with E-state index in [9.17, 15) is 0 Å². The Morgan fingerprint density at radius 3 is 2.79 bits per heavy atom. The van der Waals surface area contributed by atoms with Gasteiger partial charge in [0.2, 0.25) is 0 Å². The van der Waals surface area contributed by atoms with E-state index in [1.165, 1.54) is 44.3 Å². The van der Waals surface area contributed by atoms with Crippen LogP contribution in [0.1, 0.15) is 49.8 Å². The summed E-state index contributed by atoms with van der Waals surface area (Å²) < 4.78 is 0. The van der Waals surface area contributed by atoms with Gasteiger partial charge in [-0.05, 0) is 49.4 Å². The quantitative estimate of drug-likeness (QED) is 0.891. The summed E-state index contributed by atoms with van der Waals surface area (Å²) in [5.41, 5.74) is 3.06. The minimum atomic E-state index is 0.622. The van der Waals surface area contributed by atoms with Crippen molar-refractivity contribution in [2.75, 3.05) is 19.6 Å². The van der Waals surface area contributed by atoms with Crippen LogP contribution in [0.4, 0.5) is 0 Å². The summed E-state index contributed by atoms with van der Waals surface area (Å²) in [6.45, 7) is 6.97. The first-order valence-corrected chi connectivity index (χ1v) is 7.91. The Morgan fingerprint density at radius 1 is 1.21 bits per heavy atom. The summed E-state index contributed by atoms with van der Waals surface area (Å²) in [6.07, 6.45) is 5.59.